The van der Waals surface area contributed by atoms with E-state index in [4.69, 9.17) is 4.74 Å². The molecule has 160 valence electrons. The molecule has 3 aliphatic heterocycles. The number of nitrogens with zero attached hydrogens (tertiary/aromatic N) is 2. The summed E-state index contributed by atoms with van der Waals surface area (Å²) in [5.41, 5.74) is 0. The number of carbonyl (C=O) groups is 2. The first kappa shape index (κ1) is 21.9. The third-order valence-electron chi connectivity index (χ3n) is 6.56. The van der Waals surface area contributed by atoms with Crippen molar-refractivity contribution in [2.24, 2.45) is 17.8 Å². The lowest BCUT2D eigenvalue weighted by Gasteiger charge is -2.34. The number of nitrogens with one attached hydrogen (secondary N) is 1. The highest BCUT2D eigenvalue weighted by molar-refractivity contribution is 5.85. The van der Waals surface area contributed by atoms with Gasteiger partial charge in [0, 0.05) is 26.2 Å². The molecule has 0 spiro atoms. The smallest absolute Gasteiger partial charge is 0.260 e. The molecule has 3 aliphatic rings. The molecule has 4 rings (SSSR count). The Bertz CT molecular complexity index is 673. The van der Waals surface area contributed by atoms with Crippen molar-refractivity contribution >= 4 is 24.2 Å². The van der Waals surface area contributed by atoms with Crippen LogP contribution >= 0.6 is 12.4 Å². The molecule has 0 aliphatic carbocycles. The molecule has 3 fully saturated rings. The number of rotatable bonds is 4. The maximum absolute atomic E-state index is 13.1. The predicted molar refractivity (Wildman–Crippen MR) is 114 cm³/mol. The largest absolute Gasteiger partial charge is 0.484 e. The number of fused-ring (bicyclic) bond motifs is 1. The van der Waals surface area contributed by atoms with E-state index in [9.17, 15) is 9.59 Å². The maximum Gasteiger partial charge on any atom is 0.260 e. The molecule has 29 heavy (non-hydrogen) atoms. The maximum atomic E-state index is 13.1. The summed E-state index contributed by atoms with van der Waals surface area (Å²) >= 11 is 0. The summed E-state index contributed by atoms with van der Waals surface area (Å²) in [6.07, 6.45) is 3.97. The number of hydrogen-bond donors (Lipinski definition) is 1. The highest BCUT2D eigenvalue weighted by Crippen LogP contribution is 2.28. The van der Waals surface area contributed by atoms with Gasteiger partial charge in [0.2, 0.25) is 5.91 Å². The number of ether oxygens (including phenoxy) is 1. The zero-order valence-corrected chi connectivity index (χ0v) is 17.7. The van der Waals surface area contributed by atoms with Crippen molar-refractivity contribution in [3.05, 3.63) is 30.3 Å². The van der Waals surface area contributed by atoms with Crippen molar-refractivity contribution in [2.45, 2.75) is 25.7 Å². The number of amides is 2. The van der Waals surface area contributed by atoms with Crippen LogP contribution in [0.5, 0.6) is 5.75 Å². The second-order valence-corrected chi connectivity index (χ2v) is 8.36. The van der Waals surface area contributed by atoms with Gasteiger partial charge in [-0.15, -0.1) is 12.4 Å². The standard InChI is InChI=1S/C22H31N3O3.ClH/c26-21(16-28-20-6-2-1-3-7-20)25-10-4-5-19(15-25)22(27)24-11-8-17-13-23-14-18(17)9-12-24;/h1-3,6-7,17-19,23H,4-5,8-16H2;1H/t17-,18+,19?;. The minimum absolute atomic E-state index is 0. The third kappa shape index (κ3) is 5.43. The van der Waals surface area contributed by atoms with Gasteiger partial charge in [-0.3, -0.25) is 9.59 Å². The molecule has 1 aromatic rings. The van der Waals surface area contributed by atoms with Gasteiger partial charge in [-0.1, -0.05) is 18.2 Å². The Balaban J connectivity index is 0.00000240. The van der Waals surface area contributed by atoms with Crippen LogP contribution in [0.1, 0.15) is 25.7 Å². The molecule has 1 unspecified atom stereocenters. The van der Waals surface area contributed by atoms with Gasteiger partial charge in [0.1, 0.15) is 5.75 Å². The highest BCUT2D eigenvalue weighted by atomic mass is 35.5. The van der Waals surface area contributed by atoms with Gasteiger partial charge in [0.25, 0.3) is 5.91 Å². The van der Waals surface area contributed by atoms with Crippen LogP contribution < -0.4 is 10.1 Å². The minimum Gasteiger partial charge on any atom is -0.484 e. The molecule has 3 saturated heterocycles. The van der Waals surface area contributed by atoms with Crippen LogP contribution in [0.3, 0.4) is 0 Å². The van der Waals surface area contributed by atoms with E-state index >= 15 is 0 Å². The summed E-state index contributed by atoms with van der Waals surface area (Å²) in [5.74, 6) is 2.29. The SMILES string of the molecule is Cl.O=C(COc1ccccc1)N1CCCC(C(=O)N2CC[C@@H]3CNC[C@@H]3CC2)C1. The molecule has 0 bridgehead atoms. The Labute approximate surface area is 179 Å². The van der Waals surface area contributed by atoms with Crippen LogP contribution in [-0.2, 0) is 9.59 Å². The number of piperidine rings is 1. The second kappa shape index (κ2) is 10.3. The van der Waals surface area contributed by atoms with E-state index in [1.165, 1.54) is 0 Å². The molecule has 0 aromatic heterocycles. The summed E-state index contributed by atoms with van der Waals surface area (Å²) in [7, 11) is 0. The number of benzene rings is 1. The Morgan fingerprint density at radius 3 is 2.34 bits per heavy atom. The number of carbonyl (C=O) groups excluding carboxylic acids is 2. The summed E-state index contributed by atoms with van der Waals surface area (Å²) < 4.78 is 5.60. The van der Waals surface area contributed by atoms with E-state index in [0.717, 1.165) is 70.2 Å². The number of halogens is 1. The highest BCUT2D eigenvalue weighted by Gasteiger charge is 2.35. The molecule has 3 heterocycles. The average molecular weight is 422 g/mol. The van der Waals surface area contributed by atoms with E-state index in [0.29, 0.717) is 12.3 Å². The quantitative estimate of drug-likeness (QED) is 0.809. The summed E-state index contributed by atoms with van der Waals surface area (Å²) in [5, 5.41) is 3.48. The molecule has 0 radical (unpaired) electrons. The normalized spacial score (nSPS) is 26.8. The number of hydrogen-bond acceptors (Lipinski definition) is 4. The zero-order chi connectivity index (χ0) is 19.3. The summed E-state index contributed by atoms with van der Waals surface area (Å²) in [4.78, 5) is 29.6. The van der Waals surface area contributed by atoms with Crippen molar-refractivity contribution in [3.8, 4) is 5.75 Å². The molecule has 0 saturated carbocycles. The van der Waals surface area contributed by atoms with Gasteiger partial charge in [-0.2, -0.15) is 0 Å². The van der Waals surface area contributed by atoms with E-state index in [-0.39, 0.29) is 36.7 Å². The van der Waals surface area contributed by atoms with Crippen LogP contribution in [-0.4, -0.2) is 67.5 Å². The van der Waals surface area contributed by atoms with Crippen LogP contribution in [0.25, 0.3) is 0 Å². The van der Waals surface area contributed by atoms with Crippen molar-refractivity contribution in [3.63, 3.8) is 0 Å². The zero-order valence-electron chi connectivity index (χ0n) is 16.9. The first-order valence-corrected chi connectivity index (χ1v) is 10.7. The van der Waals surface area contributed by atoms with E-state index in [2.05, 4.69) is 10.2 Å². The van der Waals surface area contributed by atoms with Gasteiger partial charge < -0.3 is 19.9 Å². The van der Waals surface area contributed by atoms with Crippen molar-refractivity contribution in [2.75, 3.05) is 45.9 Å². The van der Waals surface area contributed by atoms with E-state index in [1.807, 2.05) is 35.2 Å². The van der Waals surface area contributed by atoms with Gasteiger partial charge in [0.05, 0.1) is 5.92 Å². The fourth-order valence-corrected chi connectivity index (χ4v) is 4.86. The minimum atomic E-state index is -0.0644. The monoisotopic (exact) mass is 421 g/mol. The number of para-hydroxylation sites is 1. The fraction of sp³-hybridized carbons (Fsp3) is 0.636. The lowest BCUT2D eigenvalue weighted by Crippen LogP contribution is -2.48. The first-order valence-electron chi connectivity index (χ1n) is 10.7. The van der Waals surface area contributed by atoms with Gasteiger partial charge in [-0.25, -0.2) is 0 Å². The molecule has 2 amide bonds. The third-order valence-corrected chi connectivity index (χ3v) is 6.56. The summed E-state index contributed by atoms with van der Waals surface area (Å²) in [6.45, 7) is 5.20. The van der Waals surface area contributed by atoms with Crippen molar-refractivity contribution < 1.29 is 14.3 Å². The van der Waals surface area contributed by atoms with E-state index < -0.39 is 0 Å². The Morgan fingerprint density at radius 2 is 1.66 bits per heavy atom. The fourth-order valence-electron chi connectivity index (χ4n) is 4.86. The summed E-state index contributed by atoms with van der Waals surface area (Å²) in [6, 6.07) is 9.39. The molecule has 3 atom stereocenters. The molecule has 6 nitrogen and oxygen atoms in total. The number of likely N-dealkylation sites (tertiary alicyclic amines) is 2. The predicted octanol–water partition coefficient (Wildman–Crippen LogP) is 2.18. The van der Waals surface area contributed by atoms with Crippen molar-refractivity contribution in [1.29, 1.82) is 0 Å². The lowest BCUT2D eigenvalue weighted by molar-refractivity contribution is -0.141. The van der Waals surface area contributed by atoms with Crippen LogP contribution in [0.15, 0.2) is 30.3 Å². The topological polar surface area (TPSA) is 61.9 Å². The van der Waals surface area contributed by atoms with Crippen LogP contribution in [0.2, 0.25) is 0 Å². The van der Waals surface area contributed by atoms with Gasteiger partial charge in [0.15, 0.2) is 6.61 Å². The van der Waals surface area contributed by atoms with E-state index in [1.54, 1.807) is 0 Å². The molecule has 1 N–H and O–H groups in total. The molecular formula is C22H32ClN3O3. The van der Waals surface area contributed by atoms with Gasteiger partial charge in [-0.05, 0) is 62.7 Å². The van der Waals surface area contributed by atoms with Gasteiger partial charge >= 0.3 is 0 Å². The Hall–Kier alpha value is -1.79. The molecule has 7 heteroatoms. The molecular weight excluding hydrogens is 390 g/mol. The lowest BCUT2D eigenvalue weighted by atomic mass is 9.92. The molecule has 1 aromatic carbocycles. The second-order valence-electron chi connectivity index (χ2n) is 8.36. The van der Waals surface area contributed by atoms with Crippen LogP contribution in [0, 0.1) is 17.8 Å². The average Bonchev–Trinajstić information content (AvgIpc) is 3.10. The van der Waals surface area contributed by atoms with Crippen LogP contribution in [0.4, 0.5) is 0 Å². The Kier molecular flexibility index (Phi) is 7.78. The Morgan fingerprint density at radius 1 is 0.966 bits per heavy atom. The first-order chi connectivity index (χ1) is 13.7. The van der Waals surface area contributed by atoms with Crippen molar-refractivity contribution in [1.82, 2.24) is 15.1 Å².